The zero-order valence-electron chi connectivity index (χ0n) is 15.6. The summed E-state index contributed by atoms with van der Waals surface area (Å²) in [5.41, 5.74) is 4.11. The third-order valence-electron chi connectivity index (χ3n) is 4.27. The van der Waals surface area contributed by atoms with Gasteiger partial charge in [0.25, 0.3) is 0 Å². The zero-order chi connectivity index (χ0) is 20.4. The van der Waals surface area contributed by atoms with Gasteiger partial charge in [0.05, 0.1) is 28.5 Å². The molecule has 0 unspecified atom stereocenters. The maximum absolute atomic E-state index is 10.8. The Hall–Kier alpha value is -3.30. The number of rotatable bonds is 5. The smallest absolute Gasteiger partial charge is 0.400 e. The van der Waals surface area contributed by atoms with Crippen LogP contribution in [0.5, 0.6) is 0 Å². The predicted octanol–water partition coefficient (Wildman–Crippen LogP) is 5.51. The highest BCUT2D eigenvalue weighted by molar-refractivity contribution is 7.14. The third-order valence-corrected chi connectivity index (χ3v) is 5.98. The van der Waals surface area contributed by atoms with E-state index in [0.717, 1.165) is 16.3 Å². The number of nitro groups is 1. The van der Waals surface area contributed by atoms with Gasteiger partial charge in [0, 0.05) is 5.38 Å². The minimum absolute atomic E-state index is 0.296. The first kappa shape index (κ1) is 19.0. The number of aryl methyl sites for hydroxylation is 2. The summed E-state index contributed by atoms with van der Waals surface area (Å²) in [4.78, 5) is 16.7. The molecule has 0 saturated heterocycles. The maximum atomic E-state index is 10.8. The summed E-state index contributed by atoms with van der Waals surface area (Å²) >= 11 is 3.08. The van der Waals surface area contributed by atoms with Crippen LogP contribution in [0.25, 0.3) is 10.6 Å². The van der Waals surface area contributed by atoms with Crippen molar-refractivity contribution in [2.75, 3.05) is 0 Å². The van der Waals surface area contributed by atoms with Crippen molar-refractivity contribution in [3.8, 4) is 10.6 Å². The van der Waals surface area contributed by atoms with Crippen molar-refractivity contribution in [2.24, 2.45) is 10.1 Å². The molecule has 7 nitrogen and oxygen atoms in total. The monoisotopic (exact) mass is 424 g/mol. The maximum Gasteiger partial charge on any atom is 0.433 e. The van der Waals surface area contributed by atoms with Crippen LogP contribution in [0.3, 0.4) is 0 Å². The Morgan fingerprint density at radius 1 is 1.14 bits per heavy atom. The van der Waals surface area contributed by atoms with Gasteiger partial charge in [0.15, 0.2) is 5.76 Å². The molecule has 4 rings (SSSR count). The summed E-state index contributed by atoms with van der Waals surface area (Å²) in [5.74, 6) is -0.0232. The van der Waals surface area contributed by atoms with Crippen LogP contribution in [0.1, 0.15) is 16.9 Å². The summed E-state index contributed by atoms with van der Waals surface area (Å²) in [6.07, 6.45) is 1.45. The Labute approximate surface area is 174 Å². The number of thiazole rings is 1. The lowest BCUT2D eigenvalue weighted by Crippen LogP contribution is -2.11. The normalized spacial score (nSPS) is 12.1. The van der Waals surface area contributed by atoms with Crippen LogP contribution in [0.4, 0.5) is 11.6 Å². The minimum Gasteiger partial charge on any atom is -0.400 e. The molecule has 0 radical (unpaired) electrons. The van der Waals surface area contributed by atoms with Crippen LogP contribution in [0.2, 0.25) is 0 Å². The van der Waals surface area contributed by atoms with Gasteiger partial charge in [-0.15, -0.1) is 22.7 Å². The summed E-state index contributed by atoms with van der Waals surface area (Å²) in [5, 5.41) is 19.3. The van der Waals surface area contributed by atoms with E-state index in [1.807, 2.05) is 41.1 Å². The van der Waals surface area contributed by atoms with Crippen molar-refractivity contribution in [3.63, 3.8) is 0 Å². The second-order valence-corrected chi connectivity index (χ2v) is 8.03. The van der Waals surface area contributed by atoms with Crippen LogP contribution < -0.4 is 4.80 Å². The number of thiophene rings is 1. The quantitative estimate of drug-likeness (QED) is 0.240. The molecule has 4 aromatic rings. The van der Waals surface area contributed by atoms with Crippen LogP contribution >= 0.6 is 22.7 Å². The van der Waals surface area contributed by atoms with Crippen molar-refractivity contribution in [1.29, 1.82) is 0 Å². The molecule has 0 amide bonds. The van der Waals surface area contributed by atoms with Gasteiger partial charge in [-0.25, -0.2) is 9.67 Å². The lowest BCUT2D eigenvalue weighted by atomic mass is 10.1. The van der Waals surface area contributed by atoms with Crippen molar-refractivity contribution in [1.82, 2.24) is 4.68 Å². The lowest BCUT2D eigenvalue weighted by Gasteiger charge is -2.02. The standard InChI is InChI=1S/C20H16N4O3S2/c1-13-5-6-15(10-14(13)2)22-20-23(17(12-29-20)18-4-3-9-28-18)21-11-16-7-8-19(27-16)24(25)26/h3-12H,1-2H3. The van der Waals surface area contributed by atoms with E-state index in [-0.39, 0.29) is 5.88 Å². The molecule has 0 spiro atoms. The zero-order valence-corrected chi connectivity index (χ0v) is 17.2. The molecule has 146 valence electrons. The molecular weight excluding hydrogens is 408 g/mol. The van der Waals surface area contributed by atoms with Crippen molar-refractivity contribution >= 4 is 40.5 Å². The Kier molecular flexibility index (Phi) is 5.24. The minimum atomic E-state index is -0.577. The van der Waals surface area contributed by atoms with Gasteiger partial charge < -0.3 is 4.42 Å². The summed E-state index contributed by atoms with van der Waals surface area (Å²) in [7, 11) is 0. The van der Waals surface area contributed by atoms with Crippen LogP contribution in [-0.4, -0.2) is 15.8 Å². The van der Waals surface area contributed by atoms with Gasteiger partial charge in [-0.3, -0.25) is 10.1 Å². The van der Waals surface area contributed by atoms with Gasteiger partial charge in [-0.2, -0.15) is 5.10 Å². The highest BCUT2D eigenvalue weighted by Gasteiger charge is 2.12. The molecule has 0 aliphatic carbocycles. The van der Waals surface area contributed by atoms with Gasteiger partial charge in [-0.1, -0.05) is 12.1 Å². The van der Waals surface area contributed by atoms with Gasteiger partial charge in [0.1, 0.15) is 4.92 Å². The Balaban J connectivity index is 1.80. The molecule has 29 heavy (non-hydrogen) atoms. The largest absolute Gasteiger partial charge is 0.433 e. The lowest BCUT2D eigenvalue weighted by molar-refractivity contribution is -0.402. The van der Waals surface area contributed by atoms with E-state index in [0.29, 0.717) is 10.6 Å². The first-order valence-electron chi connectivity index (χ1n) is 8.66. The Bertz CT molecular complexity index is 1260. The first-order chi connectivity index (χ1) is 14.0. The summed E-state index contributed by atoms with van der Waals surface area (Å²) in [6.45, 7) is 4.11. The number of hydrogen-bond donors (Lipinski definition) is 0. The number of nitrogens with zero attached hydrogens (tertiary/aromatic N) is 4. The molecule has 3 heterocycles. The van der Waals surface area contributed by atoms with E-state index in [2.05, 4.69) is 18.9 Å². The molecule has 1 aromatic carbocycles. The van der Waals surface area contributed by atoms with Gasteiger partial charge in [0.2, 0.25) is 4.80 Å². The average Bonchev–Trinajstić information content (AvgIpc) is 3.43. The molecule has 0 atom stereocenters. The predicted molar refractivity (Wildman–Crippen MR) is 115 cm³/mol. The molecule has 0 fully saturated rings. The molecule has 0 bridgehead atoms. The fourth-order valence-electron chi connectivity index (χ4n) is 2.61. The molecule has 0 N–H and O–H groups in total. The Morgan fingerprint density at radius 3 is 2.69 bits per heavy atom. The molecule has 0 saturated carbocycles. The van der Waals surface area contributed by atoms with Crippen molar-refractivity contribution in [2.45, 2.75) is 13.8 Å². The van der Waals surface area contributed by atoms with E-state index in [4.69, 9.17) is 9.41 Å². The van der Waals surface area contributed by atoms with E-state index < -0.39 is 4.92 Å². The van der Waals surface area contributed by atoms with E-state index in [9.17, 15) is 10.1 Å². The van der Waals surface area contributed by atoms with Crippen LogP contribution in [-0.2, 0) is 0 Å². The molecule has 0 aliphatic rings. The Morgan fingerprint density at radius 2 is 2.00 bits per heavy atom. The fraction of sp³-hybridized carbons (Fsp3) is 0.100. The number of hydrogen-bond acceptors (Lipinski definition) is 7. The van der Waals surface area contributed by atoms with Crippen LogP contribution in [0.15, 0.2) is 67.7 Å². The number of aromatic nitrogens is 1. The third kappa shape index (κ3) is 4.10. The SMILES string of the molecule is Cc1ccc(N=c2scc(-c3cccs3)n2N=Cc2ccc([N+](=O)[O-])o2)cc1C. The van der Waals surface area contributed by atoms with E-state index in [1.165, 1.54) is 40.8 Å². The molecule has 3 aromatic heterocycles. The number of furan rings is 1. The average molecular weight is 425 g/mol. The highest BCUT2D eigenvalue weighted by atomic mass is 32.1. The van der Waals surface area contributed by atoms with Gasteiger partial charge in [-0.05, 0) is 54.6 Å². The second-order valence-electron chi connectivity index (χ2n) is 6.25. The topological polar surface area (TPSA) is 85.9 Å². The highest BCUT2D eigenvalue weighted by Crippen LogP contribution is 2.26. The second kappa shape index (κ2) is 7.98. The number of benzene rings is 1. The van der Waals surface area contributed by atoms with Gasteiger partial charge >= 0.3 is 5.88 Å². The fourth-order valence-corrected chi connectivity index (χ4v) is 4.26. The molecular formula is C20H16N4O3S2. The van der Waals surface area contributed by atoms with Crippen LogP contribution in [0, 0.1) is 24.0 Å². The summed E-state index contributed by atoms with van der Waals surface area (Å²) in [6, 6.07) is 12.8. The first-order valence-corrected chi connectivity index (χ1v) is 10.4. The van der Waals surface area contributed by atoms with E-state index >= 15 is 0 Å². The summed E-state index contributed by atoms with van der Waals surface area (Å²) < 4.78 is 6.90. The van der Waals surface area contributed by atoms with E-state index in [1.54, 1.807) is 16.0 Å². The van der Waals surface area contributed by atoms with Crippen molar-refractivity contribution < 1.29 is 9.34 Å². The van der Waals surface area contributed by atoms with Crippen molar-refractivity contribution in [3.05, 3.63) is 85.0 Å². The molecule has 9 heteroatoms. The molecule has 0 aliphatic heterocycles.